The van der Waals surface area contributed by atoms with E-state index in [9.17, 15) is 9.59 Å². The number of aromatic amines is 2. The Bertz CT molecular complexity index is 551. The van der Waals surface area contributed by atoms with Gasteiger partial charge in [-0.15, -0.1) is 0 Å². The van der Waals surface area contributed by atoms with E-state index in [1.165, 1.54) is 12.1 Å². The minimum absolute atomic E-state index is 0.218. The van der Waals surface area contributed by atoms with E-state index in [1.807, 2.05) is 0 Å². The van der Waals surface area contributed by atoms with Crippen LogP contribution in [0.5, 0.6) is 0 Å². The molecule has 16 heavy (non-hydrogen) atoms. The third-order valence-electron chi connectivity index (χ3n) is 1.95. The number of nitrogens with one attached hydrogen (secondary N) is 3. The summed E-state index contributed by atoms with van der Waals surface area (Å²) in [6.45, 7) is 1.93. The minimum atomic E-state index is -0.348. The van der Waals surface area contributed by atoms with Gasteiger partial charge in [0.05, 0.1) is 12.2 Å². The zero-order chi connectivity index (χ0) is 11.5. The van der Waals surface area contributed by atoms with Gasteiger partial charge in [0.1, 0.15) is 5.76 Å². The van der Waals surface area contributed by atoms with Crippen LogP contribution in [-0.2, 0) is 6.54 Å². The van der Waals surface area contributed by atoms with Crippen molar-refractivity contribution in [2.45, 2.75) is 13.5 Å². The Kier molecular flexibility index (Phi) is 2.59. The van der Waals surface area contributed by atoms with Crippen LogP contribution in [0.4, 0.5) is 0 Å². The fourth-order valence-corrected chi connectivity index (χ4v) is 1.21. The van der Waals surface area contributed by atoms with E-state index in [1.54, 1.807) is 6.92 Å². The SMILES string of the molecule is Cc1cc(C(=O)NCc2cc(=O)[nH][nH]2)no1. The molecule has 3 N–H and O–H groups in total. The van der Waals surface area contributed by atoms with Crippen molar-refractivity contribution in [3.8, 4) is 0 Å². The van der Waals surface area contributed by atoms with Gasteiger partial charge in [0.2, 0.25) is 0 Å². The quantitative estimate of drug-likeness (QED) is 0.676. The van der Waals surface area contributed by atoms with Crippen molar-refractivity contribution in [1.82, 2.24) is 20.7 Å². The molecule has 1 amide bonds. The topological polar surface area (TPSA) is 104 Å². The predicted octanol–water partition coefficient (Wildman–Crippen LogP) is -0.0706. The van der Waals surface area contributed by atoms with Crippen LogP contribution < -0.4 is 10.9 Å². The summed E-state index contributed by atoms with van der Waals surface area (Å²) < 4.78 is 4.77. The second-order valence-corrected chi connectivity index (χ2v) is 3.29. The summed E-state index contributed by atoms with van der Waals surface area (Å²) in [5.74, 6) is 0.221. The van der Waals surface area contributed by atoms with Crippen LogP contribution in [0.3, 0.4) is 0 Å². The van der Waals surface area contributed by atoms with E-state index in [4.69, 9.17) is 4.52 Å². The number of hydrogen-bond acceptors (Lipinski definition) is 4. The van der Waals surface area contributed by atoms with Crippen LogP contribution in [0, 0.1) is 6.92 Å². The van der Waals surface area contributed by atoms with Crippen LogP contribution >= 0.6 is 0 Å². The third-order valence-corrected chi connectivity index (χ3v) is 1.95. The van der Waals surface area contributed by atoms with Gasteiger partial charge in [0.25, 0.3) is 11.5 Å². The van der Waals surface area contributed by atoms with E-state index in [0.29, 0.717) is 11.5 Å². The largest absolute Gasteiger partial charge is 0.361 e. The summed E-state index contributed by atoms with van der Waals surface area (Å²) in [6, 6.07) is 2.91. The summed E-state index contributed by atoms with van der Waals surface area (Å²) in [5.41, 5.74) is 0.579. The number of carbonyl (C=O) groups is 1. The highest BCUT2D eigenvalue weighted by atomic mass is 16.5. The molecule has 0 aliphatic rings. The Balaban J connectivity index is 1.96. The predicted molar refractivity (Wildman–Crippen MR) is 53.8 cm³/mol. The molecule has 0 spiro atoms. The van der Waals surface area contributed by atoms with E-state index in [-0.39, 0.29) is 23.7 Å². The Hall–Kier alpha value is -2.31. The van der Waals surface area contributed by atoms with Gasteiger partial charge in [-0.05, 0) is 6.92 Å². The Labute approximate surface area is 89.8 Å². The molecule has 0 bridgehead atoms. The summed E-state index contributed by atoms with van der Waals surface area (Å²) >= 11 is 0. The molecular formula is C9H10N4O3. The molecule has 0 saturated carbocycles. The molecule has 2 rings (SSSR count). The number of H-pyrrole nitrogens is 2. The van der Waals surface area contributed by atoms with Gasteiger partial charge in [0.15, 0.2) is 5.69 Å². The first-order valence-corrected chi connectivity index (χ1v) is 4.63. The first kappa shape index (κ1) is 10.2. The first-order valence-electron chi connectivity index (χ1n) is 4.63. The molecule has 0 unspecified atom stereocenters. The number of carbonyl (C=O) groups excluding carboxylic acids is 1. The van der Waals surface area contributed by atoms with Crippen molar-refractivity contribution < 1.29 is 9.32 Å². The van der Waals surface area contributed by atoms with Crippen molar-refractivity contribution in [1.29, 1.82) is 0 Å². The van der Waals surface area contributed by atoms with Crippen molar-refractivity contribution in [3.05, 3.63) is 39.6 Å². The third kappa shape index (κ3) is 2.19. The van der Waals surface area contributed by atoms with Crippen LogP contribution in [0.1, 0.15) is 21.9 Å². The summed E-state index contributed by atoms with van der Waals surface area (Å²) in [6.07, 6.45) is 0. The first-order chi connectivity index (χ1) is 7.65. The second kappa shape index (κ2) is 4.05. The number of aryl methyl sites for hydroxylation is 1. The molecule has 0 aliphatic heterocycles. The average molecular weight is 222 g/mol. The zero-order valence-electron chi connectivity index (χ0n) is 8.53. The van der Waals surface area contributed by atoms with Crippen molar-refractivity contribution in [2.75, 3.05) is 0 Å². The highest BCUT2D eigenvalue weighted by Crippen LogP contribution is 2.01. The van der Waals surface area contributed by atoms with E-state index < -0.39 is 0 Å². The van der Waals surface area contributed by atoms with Gasteiger partial charge < -0.3 is 14.9 Å². The maximum Gasteiger partial charge on any atom is 0.273 e. The van der Waals surface area contributed by atoms with Crippen LogP contribution in [0.2, 0.25) is 0 Å². The fourth-order valence-electron chi connectivity index (χ4n) is 1.21. The molecule has 0 atom stereocenters. The lowest BCUT2D eigenvalue weighted by Gasteiger charge is -1.98. The maximum absolute atomic E-state index is 11.5. The standard InChI is InChI=1S/C9H10N4O3/c1-5-2-7(13-16-5)9(15)10-4-6-3-8(14)12-11-6/h2-3H,4H2,1H3,(H,10,15)(H2,11,12,14). The smallest absolute Gasteiger partial charge is 0.273 e. The Morgan fingerprint density at radius 3 is 2.88 bits per heavy atom. The fraction of sp³-hybridized carbons (Fsp3) is 0.222. The molecule has 2 aromatic heterocycles. The molecule has 0 aliphatic carbocycles. The molecule has 84 valence electrons. The van der Waals surface area contributed by atoms with Gasteiger partial charge in [-0.2, -0.15) is 0 Å². The number of rotatable bonds is 3. The van der Waals surface area contributed by atoms with E-state index in [0.717, 1.165) is 0 Å². The van der Waals surface area contributed by atoms with Crippen molar-refractivity contribution in [2.24, 2.45) is 0 Å². The number of aromatic nitrogens is 3. The van der Waals surface area contributed by atoms with Crippen molar-refractivity contribution >= 4 is 5.91 Å². The molecular weight excluding hydrogens is 212 g/mol. The maximum atomic E-state index is 11.5. The van der Waals surface area contributed by atoms with Gasteiger partial charge in [-0.3, -0.25) is 14.7 Å². The molecule has 0 fully saturated rings. The van der Waals surface area contributed by atoms with Crippen molar-refractivity contribution in [3.63, 3.8) is 0 Å². The van der Waals surface area contributed by atoms with Gasteiger partial charge in [-0.25, -0.2) is 0 Å². The Morgan fingerprint density at radius 2 is 2.31 bits per heavy atom. The Morgan fingerprint density at radius 1 is 1.50 bits per heavy atom. The molecule has 2 aromatic rings. The zero-order valence-corrected chi connectivity index (χ0v) is 8.53. The van der Waals surface area contributed by atoms with E-state index >= 15 is 0 Å². The lowest BCUT2D eigenvalue weighted by atomic mass is 10.3. The lowest BCUT2D eigenvalue weighted by Crippen LogP contribution is -2.23. The minimum Gasteiger partial charge on any atom is -0.361 e. The summed E-state index contributed by atoms with van der Waals surface area (Å²) in [4.78, 5) is 22.3. The molecule has 7 heteroatoms. The summed E-state index contributed by atoms with van der Waals surface area (Å²) in [5, 5.41) is 11.1. The normalized spacial score (nSPS) is 10.3. The molecule has 7 nitrogen and oxygen atoms in total. The number of nitrogens with zero attached hydrogens (tertiary/aromatic N) is 1. The molecule has 0 saturated heterocycles. The van der Waals surface area contributed by atoms with Crippen LogP contribution in [0.25, 0.3) is 0 Å². The molecule has 2 heterocycles. The van der Waals surface area contributed by atoms with Gasteiger partial charge >= 0.3 is 0 Å². The second-order valence-electron chi connectivity index (χ2n) is 3.29. The van der Waals surface area contributed by atoms with Gasteiger partial charge in [-0.1, -0.05) is 5.16 Å². The average Bonchev–Trinajstić information content (AvgIpc) is 2.84. The number of amides is 1. The number of hydrogen-bond donors (Lipinski definition) is 3. The summed E-state index contributed by atoms with van der Waals surface area (Å²) in [7, 11) is 0. The van der Waals surface area contributed by atoms with Gasteiger partial charge in [0, 0.05) is 12.1 Å². The molecule has 0 aromatic carbocycles. The van der Waals surface area contributed by atoms with Crippen LogP contribution in [-0.4, -0.2) is 21.3 Å². The molecule has 0 radical (unpaired) electrons. The highest BCUT2D eigenvalue weighted by molar-refractivity contribution is 5.92. The van der Waals surface area contributed by atoms with E-state index in [2.05, 4.69) is 20.7 Å². The monoisotopic (exact) mass is 222 g/mol. The van der Waals surface area contributed by atoms with Crippen LogP contribution in [0.15, 0.2) is 21.5 Å². The lowest BCUT2D eigenvalue weighted by molar-refractivity contribution is 0.0941. The highest BCUT2D eigenvalue weighted by Gasteiger charge is 2.10.